The number of rotatable bonds is 2. The summed E-state index contributed by atoms with van der Waals surface area (Å²) in [4.78, 5) is 13.8. The molecule has 19 heavy (non-hydrogen) atoms. The van der Waals surface area contributed by atoms with Gasteiger partial charge in [-0.3, -0.25) is 4.79 Å². The summed E-state index contributed by atoms with van der Waals surface area (Å²) in [6.45, 7) is 1.47. The third-order valence-corrected chi connectivity index (χ3v) is 3.14. The van der Waals surface area contributed by atoms with Gasteiger partial charge in [0.05, 0.1) is 36.2 Å². The normalized spacial score (nSPS) is 18.7. The molecule has 1 unspecified atom stereocenters. The molecule has 0 saturated carbocycles. The Bertz CT molecular complexity index is 524. The van der Waals surface area contributed by atoms with Crippen molar-refractivity contribution < 1.29 is 9.53 Å². The second-order valence-electron chi connectivity index (χ2n) is 4.28. The Labute approximate surface area is 111 Å². The van der Waals surface area contributed by atoms with Crippen molar-refractivity contribution >= 4 is 17.3 Å². The average Bonchev–Trinajstić information content (AvgIpc) is 2.46. The average molecular weight is 260 g/mol. The zero-order chi connectivity index (χ0) is 13.8. The van der Waals surface area contributed by atoms with Crippen LogP contribution in [0.1, 0.15) is 5.56 Å². The summed E-state index contributed by atoms with van der Waals surface area (Å²) in [6.07, 6.45) is 0. The van der Waals surface area contributed by atoms with Gasteiger partial charge in [0, 0.05) is 13.6 Å². The first-order valence-corrected chi connectivity index (χ1v) is 6.03. The molecule has 6 heteroatoms. The van der Waals surface area contributed by atoms with Gasteiger partial charge < -0.3 is 20.7 Å². The molecule has 0 bridgehead atoms. The second kappa shape index (κ2) is 5.59. The number of anilines is 2. The number of ether oxygens (including phenoxy) is 1. The molecule has 0 spiro atoms. The second-order valence-corrected chi connectivity index (χ2v) is 4.28. The fraction of sp³-hybridized carbons (Fsp3) is 0.385. The highest BCUT2D eigenvalue weighted by atomic mass is 16.5. The van der Waals surface area contributed by atoms with Gasteiger partial charge in [0.2, 0.25) is 5.91 Å². The monoisotopic (exact) mass is 260 g/mol. The predicted octanol–water partition coefficient (Wildman–Crippen LogP) is 0.0917. The first-order chi connectivity index (χ1) is 9.17. The first kappa shape index (κ1) is 13.2. The molecular formula is C13H16N4O2. The number of likely N-dealkylation sites (N-methyl/N-ethyl adjacent to an activating group) is 1. The molecule has 3 N–H and O–H groups in total. The maximum atomic E-state index is 11.9. The van der Waals surface area contributed by atoms with E-state index >= 15 is 0 Å². The molecule has 1 aromatic carbocycles. The van der Waals surface area contributed by atoms with Gasteiger partial charge in [-0.25, -0.2) is 0 Å². The molecule has 1 heterocycles. The van der Waals surface area contributed by atoms with Crippen molar-refractivity contribution in [2.75, 3.05) is 37.4 Å². The highest BCUT2D eigenvalue weighted by Gasteiger charge is 2.29. The Hall–Kier alpha value is -2.26. The van der Waals surface area contributed by atoms with E-state index in [9.17, 15) is 4.79 Å². The van der Waals surface area contributed by atoms with Gasteiger partial charge in [0.1, 0.15) is 6.04 Å². The number of nitrogen functional groups attached to an aromatic ring is 1. The number of nitriles is 1. The fourth-order valence-electron chi connectivity index (χ4n) is 2.16. The number of nitrogens with one attached hydrogen (secondary N) is 1. The Balaban J connectivity index is 2.32. The first-order valence-electron chi connectivity index (χ1n) is 6.03. The van der Waals surface area contributed by atoms with Crippen LogP contribution in [-0.2, 0) is 9.53 Å². The number of hydrogen-bond donors (Lipinski definition) is 2. The lowest BCUT2D eigenvalue weighted by molar-refractivity contribution is -0.124. The summed E-state index contributed by atoms with van der Waals surface area (Å²) in [7, 11) is 1.59. The Morgan fingerprint density at radius 1 is 1.63 bits per heavy atom. The summed E-state index contributed by atoms with van der Waals surface area (Å²) < 4.78 is 5.35. The molecule has 0 radical (unpaired) electrons. The number of carbonyl (C=O) groups excluding carboxylic acids is 1. The SMILES string of the molecule is CNC(=O)C1COCCN1c1ccc(C#N)cc1N. The van der Waals surface area contributed by atoms with Crippen LogP contribution >= 0.6 is 0 Å². The lowest BCUT2D eigenvalue weighted by atomic mass is 10.1. The summed E-state index contributed by atoms with van der Waals surface area (Å²) in [5.41, 5.74) is 7.73. The Morgan fingerprint density at radius 2 is 2.42 bits per heavy atom. The van der Waals surface area contributed by atoms with Crippen LogP contribution in [-0.4, -0.2) is 38.8 Å². The molecule has 6 nitrogen and oxygen atoms in total. The predicted molar refractivity (Wildman–Crippen MR) is 71.6 cm³/mol. The molecule has 1 fully saturated rings. The van der Waals surface area contributed by atoms with E-state index in [1.807, 2.05) is 11.0 Å². The van der Waals surface area contributed by atoms with Crippen molar-refractivity contribution in [3.63, 3.8) is 0 Å². The number of amides is 1. The Kier molecular flexibility index (Phi) is 3.88. The molecule has 1 aliphatic heterocycles. The molecule has 0 aromatic heterocycles. The van der Waals surface area contributed by atoms with Gasteiger partial charge in [-0.2, -0.15) is 5.26 Å². The van der Waals surface area contributed by atoms with Gasteiger partial charge in [-0.05, 0) is 18.2 Å². The van der Waals surface area contributed by atoms with Crippen molar-refractivity contribution in [2.45, 2.75) is 6.04 Å². The molecule has 1 amide bonds. The van der Waals surface area contributed by atoms with E-state index in [0.717, 1.165) is 5.69 Å². The quantitative estimate of drug-likeness (QED) is 0.735. The summed E-state index contributed by atoms with van der Waals surface area (Å²) in [6, 6.07) is 6.73. The molecule has 1 saturated heterocycles. The van der Waals surface area contributed by atoms with Crippen molar-refractivity contribution in [1.82, 2.24) is 5.32 Å². The molecule has 1 atom stereocenters. The van der Waals surface area contributed by atoms with E-state index in [1.54, 1.807) is 25.2 Å². The van der Waals surface area contributed by atoms with Gasteiger partial charge >= 0.3 is 0 Å². The van der Waals surface area contributed by atoms with Crippen LogP contribution < -0.4 is 16.0 Å². The summed E-state index contributed by atoms with van der Waals surface area (Å²) in [5.74, 6) is -0.108. The van der Waals surface area contributed by atoms with E-state index < -0.39 is 6.04 Å². The molecule has 0 aliphatic carbocycles. The van der Waals surface area contributed by atoms with Gasteiger partial charge in [-0.1, -0.05) is 0 Å². The van der Waals surface area contributed by atoms with Crippen LogP contribution in [0.4, 0.5) is 11.4 Å². The smallest absolute Gasteiger partial charge is 0.244 e. The highest BCUT2D eigenvalue weighted by Crippen LogP contribution is 2.27. The molecule has 1 aliphatic rings. The standard InChI is InChI=1S/C13H16N4O2/c1-16-13(18)12-8-19-5-4-17(12)11-3-2-9(7-14)6-10(11)15/h2-3,6,12H,4-5,8,15H2,1H3,(H,16,18). The molecule has 100 valence electrons. The minimum absolute atomic E-state index is 0.108. The van der Waals surface area contributed by atoms with Crippen LogP contribution in [0.2, 0.25) is 0 Å². The van der Waals surface area contributed by atoms with Crippen molar-refractivity contribution in [2.24, 2.45) is 0 Å². The van der Waals surface area contributed by atoms with E-state index in [1.165, 1.54) is 0 Å². The van der Waals surface area contributed by atoms with E-state index in [0.29, 0.717) is 31.0 Å². The number of nitrogens with zero attached hydrogens (tertiary/aromatic N) is 2. The van der Waals surface area contributed by atoms with Crippen LogP contribution in [0.25, 0.3) is 0 Å². The lowest BCUT2D eigenvalue weighted by Gasteiger charge is -2.36. The molecule has 2 rings (SSSR count). The number of hydrogen-bond acceptors (Lipinski definition) is 5. The third-order valence-electron chi connectivity index (χ3n) is 3.14. The maximum Gasteiger partial charge on any atom is 0.244 e. The number of benzene rings is 1. The van der Waals surface area contributed by atoms with Crippen molar-refractivity contribution in [3.05, 3.63) is 23.8 Å². The zero-order valence-electron chi connectivity index (χ0n) is 10.7. The summed E-state index contributed by atoms with van der Waals surface area (Å²) >= 11 is 0. The summed E-state index contributed by atoms with van der Waals surface area (Å²) in [5, 5.41) is 11.5. The minimum Gasteiger partial charge on any atom is -0.397 e. The zero-order valence-corrected chi connectivity index (χ0v) is 10.7. The Morgan fingerprint density at radius 3 is 3.05 bits per heavy atom. The van der Waals surface area contributed by atoms with E-state index in [2.05, 4.69) is 5.32 Å². The van der Waals surface area contributed by atoms with Gasteiger partial charge in [0.15, 0.2) is 0 Å². The van der Waals surface area contributed by atoms with Gasteiger partial charge in [-0.15, -0.1) is 0 Å². The molecule has 1 aromatic rings. The van der Waals surface area contributed by atoms with Gasteiger partial charge in [0.25, 0.3) is 0 Å². The highest BCUT2D eigenvalue weighted by molar-refractivity contribution is 5.87. The third kappa shape index (κ3) is 2.61. The van der Waals surface area contributed by atoms with E-state index in [4.69, 9.17) is 15.7 Å². The maximum absolute atomic E-state index is 11.9. The largest absolute Gasteiger partial charge is 0.397 e. The number of morpholine rings is 1. The molecular weight excluding hydrogens is 244 g/mol. The van der Waals surface area contributed by atoms with Crippen LogP contribution in [0.15, 0.2) is 18.2 Å². The lowest BCUT2D eigenvalue weighted by Crippen LogP contribution is -2.53. The number of carbonyl (C=O) groups is 1. The number of nitrogens with two attached hydrogens (primary N) is 1. The van der Waals surface area contributed by atoms with Crippen LogP contribution in [0.5, 0.6) is 0 Å². The van der Waals surface area contributed by atoms with Crippen LogP contribution in [0.3, 0.4) is 0 Å². The topological polar surface area (TPSA) is 91.4 Å². The minimum atomic E-state index is -0.394. The van der Waals surface area contributed by atoms with Crippen LogP contribution in [0, 0.1) is 11.3 Å². The van der Waals surface area contributed by atoms with Crippen molar-refractivity contribution in [1.29, 1.82) is 5.26 Å². The van der Waals surface area contributed by atoms with Crippen molar-refractivity contribution in [3.8, 4) is 6.07 Å². The fourth-order valence-corrected chi connectivity index (χ4v) is 2.16. The van der Waals surface area contributed by atoms with E-state index in [-0.39, 0.29) is 5.91 Å².